The first kappa shape index (κ1) is 23.7. The van der Waals surface area contributed by atoms with Crippen LogP contribution in [-0.4, -0.2) is 64.6 Å². The highest BCUT2D eigenvalue weighted by Gasteiger charge is 2.18. The van der Waals surface area contributed by atoms with Gasteiger partial charge in [0.15, 0.2) is 0 Å². The lowest BCUT2D eigenvalue weighted by Gasteiger charge is -2.19. The Morgan fingerprint density at radius 2 is 1.94 bits per heavy atom. The summed E-state index contributed by atoms with van der Waals surface area (Å²) in [5.41, 5.74) is 3.93. The Morgan fingerprint density at radius 1 is 1.14 bits per heavy atom. The Hall–Kier alpha value is -4.05. The number of hydrogen-bond donors (Lipinski definition) is 5. The molecule has 2 amide bonds. The second-order valence-electron chi connectivity index (χ2n) is 8.92. The first-order chi connectivity index (χ1) is 17.6. The van der Waals surface area contributed by atoms with Crippen LogP contribution in [0.5, 0.6) is 0 Å². The largest absolute Gasteiger partial charge is 0.394 e. The van der Waals surface area contributed by atoms with Crippen molar-refractivity contribution in [1.82, 2.24) is 19.9 Å². The molecule has 1 fully saturated rings. The van der Waals surface area contributed by atoms with Gasteiger partial charge in [0.05, 0.1) is 12.6 Å². The molecule has 10 heteroatoms. The van der Waals surface area contributed by atoms with Gasteiger partial charge in [0, 0.05) is 47.8 Å². The Kier molecular flexibility index (Phi) is 7.04. The molecule has 1 aliphatic heterocycles. The van der Waals surface area contributed by atoms with Crippen LogP contribution in [0.1, 0.15) is 18.4 Å². The molecule has 0 aliphatic carbocycles. The average molecular weight is 481 g/mol. The molecule has 2 aromatic carbocycles. The number of likely N-dealkylation sites (tertiary alicyclic amines) is 1. The van der Waals surface area contributed by atoms with Gasteiger partial charge in [-0.15, -0.1) is 0 Å². The van der Waals surface area contributed by atoms with Crippen molar-refractivity contribution in [3.63, 3.8) is 0 Å². The summed E-state index contributed by atoms with van der Waals surface area (Å²) < 4.78 is 0. The topological polar surface area (TPSA) is 118 Å². The fourth-order valence-corrected chi connectivity index (χ4v) is 4.41. The highest BCUT2D eigenvalue weighted by atomic mass is 16.3. The molecular weight excluding hydrogens is 453 g/mol. The van der Waals surface area contributed by atoms with E-state index >= 15 is 0 Å². The number of amides is 2. The number of aliphatic hydroxyl groups is 1. The minimum Gasteiger partial charge on any atom is -0.394 e. The summed E-state index contributed by atoms with van der Waals surface area (Å²) >= 11 is 0. The average Bonchev–Trinajstić information content (AvgIpc) is 3.57. The number of anilines is 4. The van der Waals surface area contributed by atoms with Crippen molar-refractivity contribution in [1.29, 1.82) is 0 Å². The fraction of sp³-hybridized carbons (Fsp3) is 0.269. The van der Waals surface area contributed by atoms with Crippen LogP contribution in [0.2, 0.25) is 0 Å². The molecule has 0 bridgehead atoms. The number of hydrogen-bond acceptors (Lipinski definition) is 6. The van der Waals surface area contributed by atoms with E-state index in [4.69, 9.17) is 7.85 Å². The van der Waals surface area contributed by atoms with Gasteiger partial charge in [0.2, 0.25) is 5.95 Å². The van der Waals surface area contributed by atoms with Crippen molar-refractivity contribution in [2.75, 3.05) is 35.6 Å². The predicted octanol–water partition coefficient (Wildman–Crippen LogP) is 3.14. The number of urea groups is 1. The van der Waals surface area contributed by atoms with E-state index < -0.39 is 0 Å². The molecule has 0 saturated carbocycles. The molecule has 5 rings (SSSR count). The summed E-state index contributed by atoms with van der Waals surface area (Å²) in [4.78, 5) is 26.3. The number of H-pyrrole nitrogens is 1. The smallest absolute Gasteiger partial charge is 0.321 e. The number of nitrogens with one attached hydrogen (secondary N) is 4. The van der Waals surface area contributed by atoms with Gasteiger partial charge in [0.1, 0.15) is 13.7 Å². The highest BCUT2D eigenvalue weighted by Crippen LogP contribution is 2.22. The van der Waals surface area contributed by atoms with E-state index in [9.17, 15) is 9.90 Å². The third kappa shape index (κ3) is 5.44. The maximum atomic E-state index is 12.4. The third-order valence-corrected chi connectivity index (χ3v) is 6.28. The molecule has 2 aromatic heterocycles. The number of carbonyl (C=O) groups is 1. The van der Waals surface area contributed by atoms with Crippen LogP contribution in [-0.2, 0) is 6.42 Å². The van der Waals surface area contributed by atoms with E-state index in [0.29, 0.717) is 29.3 Å². The van der Waals surface area contributed by atoms with Crippen LogP contribution in [0.3, 0.4) is 0 Å². The van der Waals surface area contributed by atoms with E-state index in [1.165, 1.54) is 6.20 Å². The Bertz CT molecular complexity index is 1350. The van der Waals surface area contributed by atoms with Crippen molar-refractivity contribution in [2.24, 2.45) is 0 Å². The van der Waals surface area contributed by atoms with Crippen LogP contribution in [0.15, 0.2) is 60.9 Å². The van der Waals surface area contributed by atoms with Crippen molar-refractivity contribution in [3.8, 4) is 0 Å². The first-order valence-corrected chi connectivity index (χ1v) is 12.1. The lowest BCUT2D eigenvalue weighted by Crippen LogP contribution is -2.32. The number of aliphatic hydroxyl groups excluding tert-OH is 1. The monoisotopic (exact) mass is 481 g/mol. The van der Waals surface area contributed by atoms with Gasteiger partial charge >= 0.3 is 6.03 Å². The molecule has 9 nitrogen and oxygen atoms in total. The van der Waals surface area contributed by atoms with Crippen LogP contribution < -0.4 is 21.4 Å². The number of rotatable bonds is 8. The maximum Gasteiger partial charge on any atom is 0.321 e. The molecule has 4 aromatic rings. The number of benzene rings is 2. The zero-order valence-corrected chi connectivity index (χ0v) is 19.9. The lowest BCUT2D eigenvalue weighted by atomic mass is 9.98. The normalized spacial score (nSPS) is 14.1. The van der Waals surface area contributed by atoms with Crippen LogP contribution in [0.25, 0.3) is 10.9 Å². The van der Waals surface area contributed by atoms with Gasteiger partial charge in [0.25, 0.3) is 0 Å². The first-order valence-electron chi connectivity index (χ1n) is 12.1. The summed E-state index contributed by atoms with van der Waals surface area (Å²) in [6, 6.07) is 15.1. The maximum absolute atomic E-state index is 12.4. The van der Waals surface area contributed by atoms with Gasteiger partial charge < -0.3 is 30.9 Å². The van der Waals surface area contributed by atoms with Crippen molar-refractivity contribution in [2.45, 2.75) is 25.3 Å². The molecule has 1 unspecified atom stereocenters. The number of nitrogens with zero attached hydrogens (tertiary/aromatic N) is 3. The Morgan fingerprint density at radius 3 is 2.78 bits per heavy atom. The van der Waals surface area contributed by atoms with Crippen molar-refractivity contribution >= 4 is 53.4 Å². The summed E-state index contributed by atoms with van der Waals surface area (Å²) in [6.45, 7) is 1.48. The van der Waals surface area contributed by atoms with Gasteiger partial charge in [-0.25, -0.2) is 9.78 Å². The van der Waals surface area contributed by atoms with Crippen LogP contribution in [0.4, 0.5) is 27.9 Å². The molecule has 1 atom stereocenters. The molecule has 2 radical (unpaired) electrons. The third-order valence-electron chi connectivity index (χ3n) is 6.28. The molecule has 1 saturated heterocycles. The minimum atomic E-state index is -0.293. The van der Waals surface area contributed by atoms with E-state index in [-0.39, 0.29) is 18.7 Å². The standard InChI is InChI=1S/C26H28BN7O2/c27-22-15-29-25(31-18-6-5-7-19(13-18)32-26(36)34-10-3-4-11-34)33-24(22)30-20(16-35)12-17-14-28-23-9-2-1-8-21(17)23/h1-2,5-9,13-15,20,28,35H,3-4,10-12,16H2,(H,32,36)(H2,29,30,31,33). The number of carbonyl (C=O) groups excluding carboxylic acids is 1. The van der Waals surface area contributed by atoms with E-state index in [1.54, 1.807) is 0 Å². The zero-order chi connectivity index (χ0) is 24.9. The zero-order valence-electron chi connectivity index (χ0n) is 19.9. The molecule has 1 aliphatic rings. The van der Waals surface area contributed by atoms with Crippen LogP contribution >= 0.6 is 0 Å². The second-order valence-corrected chi connectivity index (χ2v) is 8.92. The quantitative estimate of drug-likeness (QED) is 0.247. The SMILES string of the molecule is [B]c1cnc(Nc2cccc(NC(=O)N3CCCC3)c2)nc1NC(CO)Cc1c[nH]c2ccccc12. The molecular formula is C26H28BN7O2. The Balaban J connectivity index is 1.27. The Labute approximate surface area is 210 Å². The summed E-state index contributed by atoms with van der Waals surface area (Å²) in [5.74, 6) is 0.781. The number of aromatic amines is 1. The summed E-state index contributed by atoms with van der Waals surface area (Å²) in [7, 11) is 6.13. The fourth-order valence-electron chi connectivity index (χ4n) is 4.41. The number of fused-ring (bicyclic) bond motifs is 1. The van der Waals surface area contributed by atoms with Crippen LogP contribution in [0, 0.1) is 0 Å². The summed E-state index contributed by atoms with van der Waals surface area (Å²) in [5, 5.41) is 20.5. The van der Waals surface area contributed by atoms with E-state index in [0.717, 1.165) is 48.1 Å². The number of para-hydroxylation sites is 1. The van der Waals surface area contributed by atoms with Gasteiger partial charge in [-0.1, -0.05) is 24.3 Å². The molecule has 5 N–H and O–H groups in total. The molecule has 182 valence electrons. The van der Waals surface area contributed by atoms with Gasteiger partial charge in [-0.05, 0) is 54.6 Å². The van der Waals surface area contributed by atoms with E-state index in [1.807, 2.05) is 53.6 Å². The molecule has 36 heavy (non-hydrogen) atoms. The number of aromatic nitrogens is 3. The van der Waals surface area contributed by atoms with Crippen molar-refractivity contribution < 1.29 is 9.90 Å². The predicted molar refractivity (Wildman–Crippen MR) is 143 cm³/mol. The molecule has 3 heterocycles. The second kappa shape index (κ2) is 10.7. The van der Waals surface area contributed by atoms with E-state index in [2.05, 4.69) is 37.0 Å². The highest BCUT2D eigenvalue weighted by molar-refractivity contribution is 6.35. The molecule has 0 spiro atoms. The van der Waals surface area contributed by atoms with Gasteiger partial charge in [-0.2, -0.15) is 4.98 Å². The lowest BCUT2D eigenvalue weighted by molar-refractivity contribution is 0.222. The summed E-state index contributed by atoms with van der Waals surface area (Å²) in [6.07, 6.45) is 6.15. The minimum absolute atomic E-state index is 0.0925. The van der Waals surface area contributed by atoms with Gasteiger partial charge in [-0.3, -0.25) is 0 Å². The van der Waals surface area contributed by atoms with Crippen molar-refractivity contribution in [3.05, 3.63) is 66.5 Å².